The van der Waals surface area contributed by atoms with Crippen molar-refractivity contribution in [1.29, 1.82) is 0 Å². The molecule has 116 valence electrons. The maximum Gasteiger partial charge on any atom is 0.419 e. The van der Waals surface area contributed by atoms with Gasteiger partial charge in [0.15, 0.2) is 0 Å². The molecule has 0 heterocycles. The maximum atomic E-state index is 12.6. The van der Waals surface area contributed by atoms with Gasteiger partial charge in [-0.2, -0.15) is 26.3 Å². The van der Waals surface area contributed by atoms with Crippen molar-refractivity contribution in [2.75, 3.05) is 0 Å². The van der Waals surface area contributed by atoms with Crippen LogP contribution in [0.5, 0.6) is 0 Å². The molecule has 0 aromatic carbocycles. The van der Waals surface area contributed by atoms with Gasteiger partial charge >= 0.3 is 12.4 Å². The molecule has 0 aliphatic carbocycles. The van der Waals surface area contributed by atoms with Gasteiger partial charge in [-0.3, -0.25) is 0 Å². The molecule has 0 amide bonds. The van der Waals surface area contributed by atoms with E-state index >= 15 is 0 Å². The lowest BCUT2D eigenvalue weighted by atomic mass is 10.2. The first-order chi connectivity index (χ1) is 8.34. The minimum Gasteiger partial charge on any atom is -0.314 e. The van der Waals surface area contributed by atoms with Crippen LogP contribution < -0.4 is 0 Å². The van der Waals surface area contributed by atoms with E-state index in [1.165, 1.54) is 0 Å². The van der Waals surface area contributed by atoms with E-state index in [-0.39, 0.29) is 0 Å². The van der Waals surface area contributed by atoms with Gasteiger partial charge in [-0.05, 0) is 0 Å². The summed E-state index contributed by atoms with van der Waals surface area (Å²) in [7, 11) is 0. The Morgan fingerprint density at radius 3 is 1.11 bits per heavy atom. The largest absolute Gasteiger partial charge is 0.419 e. The van der Waals surface area contributed by atoms with Crippen LogP contribution in [-0.2, 0) is 4.74 Å². The van der Waals surface area contributed by atoms with Crippen LogP contribution in [-0.4, -0.2) is 37.4 Å². The van der Waals surface area contributed by atoms with Crippen LogP contribution >= 0.6 is 0 Å². The first-order valence-corrected chi connectivity index (χ1v) is 4.69. The van der Waals surface area contributed by atoms with Crippen molar-refractivity contribution < 1.29 is 48.6 Å². The summed E-state index contributed by atoms with van der Waals surface area (Å²) >= 11 is 0. The van der Waals surface area contributed by atoms with Crippen molar-refractivity contribution in [3.63, 3.8) is 0 Å². The maximum absolute atomic E-state index is 12.6. The van der Waals surface area contributed by atoms with Gasteiger partial charge in [0.25, 0.3) is 0 Å². The first kappa shape index (κ1) is 18.3. The van der Waals surface area contributed by atoms with Gasteiger partial charge in [0.05, 0.1) is 0 Å². The zero-order chi connectivity index (χ0) is 15.4. The summed E-state index contributed by atoms with van der Waals surface area (Å²) in [6, 6.07) is 0. The number of ether oxygens (including phenoxy) is 1. The molecule has 0 fully saturated rings. The fourth-order valence-electron chi connectivity index (χ4n) is 0.864. The Morgan fingerprint density at radius 2 is 0.895 bits per heavy atom. The lowest BCUT2D eigenvalue weighted by molar-refractivity contribution is -0.225. The number of hydrogen-bond donors (Lipinski definition) is 0. The van der Waals surface area contributed by atoms with Gasteiger partial charge in [-0.1, -0.05) is 0 Å². The third-order valence-corrected chi connectivity index (χ3v) is 1.79. The average molecular weight is 310 g/mol. The molecular formula is C8H8F10O. The third-order valence-electron chi connectivity index (χ3n) is 1.79. The Morgan fingerprint density at radius 1 is 0.632 bits per heavy atom. The molecule has 4 unspecified atom stereocenters. The summed E-state index contributed by atoms with van der Waals surface area (Å²) in [6.45, 7) is 0. The Kier molecular flexibility index (Phi) is 6.36. The smallest absolute Gasteiger partial charge is 0.314 e. The molecule has 0 radical (unpaired) electrons. The Balaban J connectivity index is 4.17. The molecule has 1 nitrogen and oxygen atoms in total. The normalized spacial score (nSPS) is 19.9. The third kappa shape index (κ3) is 7.43. The molecule has 0 aromatic heterocycles. The summed E-state index contributed by atoms with van der Waals surface area (Å²) < 4.78 is 123. The van der Waals surface area contributed by atoms with Crippen LogP contribution in [0.2, 0.25) is 0 Å². The lowest BCUT2D eigenvalue weighted by Crippen LogP contribution is -2.32. The first-order valence-electron chi connectivity index (χ1n) is 4.69. The second-order valence-corrected chi connectivity index (χ2v) is 3.45. The van der Waals surface area contributed by atoms with Crippen LogP contribution in [0.25, 0.3) is 0 Å². The summed E-state index contributed by atoms with van der Waals surface area (Å²) in [6.07, 6.45) is -28.3. The molecule has 4 atom stereocenters. The summed E-state index contributed by atoms with van der Waals surface area (Å²) in [5.74, 6) is 0. The van der Waals surface area contributed by atoms with Crippen molar-refractivity contribution in [3.05, 3.63) is 0 Å². The average Bonchev–Trinajstić information content (AvgIpc) is 2.13. The second-order valence-electron chi connectivity index (χ2n) is 3.45. The van der Waals surface area contributed by atoms with Crippen molar-refractivity contribution in [2.45, 2.75) is 50.3 Å². The highest BCUT2D eigenvalue weighted by atomic mass is 19.4. The summed E-state index contributed by atoms with van der Waals surface area (Å²) in [5, 5.41) is 0. The van der Waals surface area contributed by atoms with E-state index in [1.54, 1.807) is 0 Å². The van der Waals surface area contributed by atoms with Crippen molar-refractivity contribution in [1.82, 2.24) is 0 Å². The summed E-state index contributed by atoms with van der Waals surface area (Å²) in [5.41, 5.74) is 0. The highest BCUT2D eigenvalue weighted by molar-refractivity contribution is 4.70. The Hall–Kier alpha value is -0.740. The van der Waals surface area contributed by atoms with Crippen LogP contribution in [0.3, 0.4) is 0 Å². The minimum atomic E-state index is -5.41. The van der Waals surface area contributed by atoms with Gasteiger partial charge in [0.2, 0.25) is 25.1 Å². The zero-order valence-corrected chi connectivity index (χ0v) is 8.91. The van der Waals surface area contributed by atoms with Crippen LogP contribution in [0.15, 0.2) is 0 Å². The second kappa shape index (κ2) is 6.62. The van der Waals surface area contributed by atoms with E-state index in [0.717, 1.165) is 0 Å². The molecule has 0 N–H and O–H groups in total. The van der Waals surface area contributed by atoms with Crippen molar-refractivity contribution in [3.8, 4) is 0 Å². The number of alkyl halides is 10. The van der Waals surface area contributed by atoms with Gasteiger partial charge in [0.1, 0.15) is 0 Å². The molecule has 0 bridgehead atoms. The van der Waals surface area contributed by atoms with Gasteiger partial charge in [-0.15, -0.1) is 0 Å². The highest BCUT2D eigenvalue weighted by Gasteiger charge is 2.44. The molecule has 0 rings (SSSR count). The molecule has 0 saturated carbocycles. The monoisotopic (exact) mass is 310 g/mol. The van der Waals surface area contributed by atoms with E-state index < -0.39 is 50.3 Å². The number of halogens is 10. The van der Waals surface area contributed by atoms with E-state index in [1.807, 2.05) is 0 Å². The molecule has 0 spiro atoms. The van der Waals surface area contributed by atoms with E-state index in [2.05, 4.69) is 4.74 Å². The molecule has 19 heavy (non-hydrogen) atoms. The van der Waals surface area contributed by atoms with Gasteiger partial charge in [-0.25, -0.2) is 17.6 Å². The predicted octanol–water partition coefficient (Wildman–Crippen LogP) is 4.18. The highest BCUT2D eigenvalue weighted by Crippen LogP contribution is 2.30. The number of hydrogen-bond acceptors (Lipinski definition) is 1. The zero-order valence-electron chi connectivity index (χ0n) is 8.91. The Labute approximate surface area is 100 Å². The van der Waals surface area contributed by atoms with Crippen molar-refractivity contribution >= 4 is 0 Å². The van der Waals surface area contributed by atoms with Gasteiger partial charge < -0.3 is 4.74 Å². The van der Waals surface area contributed by atoms with Crippen LogP contribution in [0, 0.1) is 0 Å². The van der Waals surface area contributed by atoms with Crippen LogP contribution in [0.1, 0.15) is 12.8 Å². The van der Waals surface area contributed by atoms with E-state index in [4.69, 9.17) is 0 Å². The molecule has 0 aromatic rings. The SMILES string of the molecule is FC(CC(F)C(F)(F)F)OC(F)CC(F)C(F)(F)F. The topological polar surface area (TPSA) is 9.23 Å². The molecular weight excluding hydrogens is 302 g/mol. The minimum absolute atomic E-state index is 1.95. The molecule has 0 aliphatic rings. The molecule has 0 aliphatic heterocycles. The Bertz CT molecular complexity index is 235. The lowest BCUT2D eigenvalue weighted by Gasteiger charge is -2.19. The number of rotatable bonds is 6. The quantitative estimate of drug-likeness (QED) is 0.669. The fourth-order valence-corrected chi connectivity index (χ4v) is 0.864. The van der Waals surface area contributed by atoms with Crippen LogP contribution in [0.4, 0.5) is 43.9 Å². The van der Waals surface area contributed by atoms with Crippen molar-refractivity contribution in [2.24, 2.45) is 0 Å². The predicted molar refractivity (Wildman–Crippen MR) is 42.0 cm³/mol. The molecule has 0 saturated heterocycles. The summed E-state index contributed by atoms with van der Waals surface area (Å²) in [4.78, 5) is 0. The van der Waals surface area contributed by atoms with E-state index in [9.17, 15) is 43.9 Å². The van der Waals surface area contributed by atoms with Gasteiger partial charge in [0, 0.05) is 12.8 Å². The molecule has 11 heteroatoms. The standard InChI is InChI=1S/C8H8F10O/c9-3(7(13,14)15)1-5(11)19-6(12)2-4(10)8(16,17)18/h3-6H,1-2H2. The van der Waals surface area contributed by atoms with E-state index in [0.29, 0.717) is 0 Å². The fraction of sp³-hybridized carbons (Fsp3) is 1.00.